The second-order valence-electron chi connectivity index (χ2n) is 4.22. The van der Waals surface area contributed by atoms with Crippen molar-refractivity contribution in [1.82, 2.24) is 4.90 Å². The van der Waals surface area contributed by atoms with Crippen LogP contribution in [-0.2, 0) is 4.74 Å². The number of hydrogen-bond acceptors (Lipinski definition) is 3. The third kappa shape index (κ3) is 4.27. The van der Waals surface area contributed by atoms with Gasteiger partial charge in [-0.15, -0.1) is 0 Å². The Bertz CT molecular complexity index is 211. The van der Waals surface area contributed by atoms with Gasteiger partial charge in [-0.3, -0.25) is 4.90 Å². The molecule has 1 rings (SSSR count). The van der Waals surface area contributed by atoms with Crippen molar-refractivity contribution in [2.75, 3.05) is 32.9 Å². The largest absolute Gasteiger partial charge is 0.411 e. The molecule has 0 aromatic carbocycles. The Hall–Kier alpha value is -0.330. The Kier molecular flexibility index (Phi) is 5.01. The van der Waals surface area contributed by atoms with E-state index in [1.807, 2.05) is 11.8 Å². The Morgan fingerprint density at radius 2 is 2.12 bits per heavy atom. The van der Waals surface area contributed by atoms with Crippen LogP contribution in [0.15, 0.2) is 0 Å². The van der Waals surface area contributed by atoms with E-state index >= 15 is 0 Å². The van der Waals surface area contributed by atoms with Crippen LogP contribution >= 0.6 is 0 Å². The first-order valence-electron chi connectivity index (χ1n) is 5.43. The maximum Gasteiger partial charge on any atom is 0.411 e. The van der Waals surface area contributed by atoms with Crippen molar-refractivity contribution in [3.8, 4) is 0 Å². The first kappa shape index (κ1) is 13.7. The molecule has 1 N–H and O–H groups in total. The maximum absolute atomic E-state index is 11.8. The summed E-state index contributed by atoms with van der Waals surface area (Å²) < 4.78 is 39.9. The van der Waals surface area contributed by atoms with Gasteiger partial charge in [0.05, 0.1) is 13.2 Å². The molecule has 0 aromatic rings. The Morgan fingerprint density at radius 3 is 2.69 bits per heavy atom. The third-order valence-corrected chi connectivity index (χ3v) is 2.97. The number of ether oxygens (including phenoxy) is 1. The summed E-state index contributed by atoms with van der Waals surface area (Å²) in [5.74, 6) is 0.396. The van der Waals surface area contributed by atoms with Crippen LogP contribution in [-0.4, -0.2) is 55.1 Å². The fraction of sp³-hybridized carbons (Fsp3) is 1.00. The van der Waals surface area contributed by atoms with Crippen molar-refractivity contribution in [1.29, 1.82) is 0 Å². The van der Waals surface area contributed by atoms with Gasteiger partial charge in [0, 0.05) is 12.6 Å². The highest BCUT2D eigenvalue weighted by Gasteiger charge is 2.31. The van der Waals surface area contributed by atoms with Crippen LogP contribution in [0.3, 0.4) is 0 Å². The molecule has 0 aliphatic carbocycles. The van der Waals surface area contributed by atoms with Gasteiger partial charge in [0.15, 0.2) is 0 Å². The van der Waals surface area contributed by atoms with Crippen molar-refractivity contribution in [2.45, 2.75) is 25.6 Å². The zero-order valence-electron chi connectivity index (χ0n) is 9.33. The molecular formula is C10H18F3NO2. The normalized spacial score (nSPS) is 27.6. The van der Waals surface area contributed by atoms with Gasteiger partial charge in [-0.2, -0.15) is 13.2 Å². The fourth-order valence-electron chi connectivity index (χ4n) is 2.03. The first-order valence-corrected chi connectivity index (χ1v) is 5.43. The zero-order valence-corrected chi connectivity index (χ0v) is 9.33. The molecule has 0 radical (unpaired) electrons. The number of rotatable bonds is 5. The Morgan fingerprint density at radius 1 is 1.44 bits per heavy atom. The lowest BCUT2D eigenvalue weighted by Gasteiger charge is -2.24. The number of aliphatic hydroxyl groups is 1. The third-order valence-electron chi connectivity index (χ3n) is 2.97. The average Bonchev–Trinajstić information content (AvgIpc) is 2.52. The van der Waals surface area contributed by atoms with E-state index in [9.17, 15) is 13.2 Å². The number of nitrogens with zero attached hydrogens (tertiary/aromatic N) is 1. The minimum absolute atomic E-state index is 0.0560. The molecule has 1 aliphatic rings. The van der Waals surface area contributed by atoms with Gasteiger partial charge >= 0.3 is 6.18 Å². The smallest absolute Gasteiger partial charge is 0.395 e. The molecular weight excluding hydrogens is 223 g/mol. The summed E-state index contributed by atoms with van der Waals surface area (Å²) in [4.78, 5) is 1.99. The molecule has 2 atom stereocenters. The van der Waals surface area contributed by atoms with Gasteiger partial charge in [-0.25, -0.2) is 0 Å². The zero-order chi connectivity index (χ0) is 12.2. The molecule has 1 fully saturated rings. The summed E-state index contributed by atoms with van der Waals surface area (Å²) in [6.07, 6.45) is -3.28. The van der Waals surface area contributed by atoms with Gasteiger partial charge in [0.25, 0.3) is 0 Å². The molecule has 3 nitrogen and oxygen atoms in total. The van der Waals surface area contributed by atoms with E-state index in [0.717, 1.165) is 13.0 Å². The van der Waals surface area contributed by atoms with E-state index in [2.05, 4.69) is 4.74 Å². The molecule has 96 valence electrons. The Labute approximate surface area is 93.2 Å². The number of alkyl halides is 3. The van der Waals surface area contributed by atoms with Crippen molar-refractivity contribution >= 4 is 0 Å². The SMILES string of the molecule is CC1CCN(CCOCC(F)(F)F)C1CO. The molecule has 0 saturated carbocycles. The van der Waals surface area contributed by atoms with E-state index in [-0.39, 0.29) is 19.3 Å². The quantitative estimate of drug-likeness (QED) is 0.736. The number of hydrogen-bond donors (Lipinski definition) is 1. The lowest BCUT2D eigenvalue weighted by Crippen LogP contribution is -2.37. The molecule has 0 spiro atoms. The summed E-state index contributed by atoms with van der Waals surface area (Å²) in [5.41, 5.74) is 0. The highest BCUT2D eigenvalue weighted by atomic mass is 19.4. The topological polar surface area (TPSA) is 32.7 Å². The van der Waals surface area contributed by atoms with Crippen molar-refractivity contribution in [3.63, 3.8) is 0 Å². The average molecular weight is 241 g/mol. The predicted molar refractivity (Wildman–Crippen MR) is 53.1 cm³/mol. The second kappa shape index (κ2) is 5.84. The van der Waals surface area contributed by atoms with E-state index in [1.165, 1.54) is 0 Å². The molecule has 2 unspecified atom stereocenters. The van der Waals surface area contributed by atoms with Crippen molar-refractivity contribution in [2.24, 2.45) is 5.92 Å². The number of likely N-dealkylation sites (tertiary alicyclic amines) is 1. The fourth-order valence-corrected chi connectivity index (χ4v) is 2.03. The summed E-state index contributed by atoms with van der Waals surface area (Å²) in [7, 11) is 0. The highest BCUT2D eigenvalue weighted by molar-refractivity contribution is 4.83. The lowest BCUT2D eigenvalue weighted by molar-refractivity contribution is -0.174. The van der Waals surface area contributed by atoms with E-state index in [0.29, 0.717) is 12.5 Å². The molecule has 1 saturated heterocycles. The minimum atomic E-state index is -4.26. The molecule has 16 heavy (non-hydrogen) atoms. The van der Waals surface area contributed by atoms with Gasteiger partial charge in [0.1, 0.15) is 6.61 Å². The van der Waals surface area contributed by atoms with Crippen LogP contribution < -0.4 is 0 Å². The van der Waals surface area contributed by atoms with E-state index in [4.69, 9.17) is 5.11 Å². The highest BCUT2D eigenvalue weighted by Crippen LogP contribution is 2.23. The van der Waals surface area contributed by atoms with Gasteiger partial charge < -0.3 is 9.84 Å². The summed E-state index contributed by atoms with van der Waals surface area (Å²) in [5, 5.41) is 9.13. The molecule has 0 amide bonds. The summed E-state index contributed by atoms with van der Waals surface area (Å²) >= 11 is 0. The van der Waals surface area contributed by atoms with Crippen LogP contribution in [0.25, 0.3) is 0 Å². The first-order chi connectivity index (χ1) is 7.44. The standard InChI is InChI=1S/C10H18F3NO2/c1-8-2-3-14(9(8)6-15)4-5-16-7-10(11,12)13/h8-9,15H,2-7H2,1H3. The second-order valence-corrected chi connectivity index (χ2v) is 4.22. The molecule has 0 aromatic heterocycles. The Balaban J connectivity index is 2.18. The number of aliphatic hydroxyl groups excluding tert-OH is 1. The molecule has 0 bridgehead atoms. The maximum atomic E-state index is 11.8. The lowest BCUT2D eigenvalue weighted by atomic mass is 10.0. The summed E-state index contributed by atoms with van der Waals surface area (Å²) in [6, 6.07) is 0.0643. The molecule has 6 heteroatoms. The van der Waals surface area contributed by atoms with Crippen LogP contribution in [0, 0.1) is 5.92 Å². The van der Waals surface area contributed by atoms with Crippen LogP contribution in [0.1, 0.15) is 13.3 Å². The number of halogens is 3. The van der Waals surface area contributed by atoms with Gasteiger partial charge in [-0.05, 0) is 18.9 Å². The van der Waals surface area contributed by atoms with Crippen LogP contribution in [0.2, 0.25) is 0 Å². The van der Waals surface area contributed by atoms with Gasteiger partial charge in [-0.1, -0.05) is 6.92 Å². The molecule has 1 heterocycles. The van der Waals surface area contributed by atoms with Crippen LogP contribution in [0.5, 0.6) is 0 Å². The van der Waals surface area contributed by atoms with Gasteiger partial charge in [0.2, 0.25) is 0 Å². The predicted octanol–water partition coefficient (Wildman–Crippen LogP) is 1.27. The van der Waals surface area contributed by atoms with Crippen LogP contribution in [0.4, 0.5) is 13.2 Å². The minimum Gasteiger partial charge on any atom is -0.395 e. The van der Waals surface area contributed by atoms with Crippen molar-refractivity contribution < 1.29 is 23.0 Å². The van der Waals surface area contributed by atoms with E-state index in [1.54, 1.807) is 0 Å². The monoisotopic (exact) mass is 241 g/mol. The summed E-state index contributed by atoms with van der Waals surface area (Å²) in [6.45, 7) is 2.23. The van der Waals surface area contributed by atoms with Crippen molar-refractivity contribution in [3.05, 3.63) is 0 Å². The van der Waals surface area contributed by atoms with E-state index < -0.39 is 12.8 Å². The molecule has 1 aliphatic heterocycles.